The van der Waals surface area contributed by atoms with Gasteiger partial charge in [0.05, 0.1) is 4.34 Å². The Morgan fingerprint density at radius 1 is 1.21 bits per heavy atom. The lowest BCUT2D eigenvalue weighted by molar-refractivity contribution is 0.343. The summed E-state index contributed by atoms with van der Waals surface area (Å²) in [5, 5.41) is 3.47. The van der Waals surface area contributed by atoms with Crippen LogP contribution in [0, 0.1) is 6.92 Å². The molecule has 0 saturated heterocycles. The SMILES string of the molecule is Cc1ccccc1NCCN(C)Cc1ccc(Cl)s1. The van der Waals surface area contributed by atoms with Crippen LogP contribution in [0.25, 0.3) is 0 Å². The number of rotatable bonds is 6. The van der Waals surface area contributed by atoms with Crippen molar-refractivity contribution in [3.8, 4) is 0 Å². The molecule has 2 nitrogen and oxygen atoms in total. The fraction of sp³-hybridized carbons (Fsp3) is 0.333. The molecule has 0 amide bonds. The van der Waals surface area contributed by atoms with Crippen molar-refractivity contribution in [3.05, 3.63) is 51.2 Å². The molecule has 0 radical (unpaired) electrons. The van der Waals surface area contributed by atoms with Crippen molar-refractivity contribution in [2.24, 2.45) is 0 Å². The molecule has 0 bridgehead atoms. The minimum atomic E-state index is 0.862. The molecule has 2 rings (SSSR count). The number of hydrogen-bond acceptors (Lipinski definition) is 3. The van der Waals surface area contributed by atoms with E-state index in [2.05, 4.69) is 54.5 Å². The number of hydrogen-bond donors (Lipinski definition) is 1. The summed E-state index contributed by atoms with van der Waals surface area (Å²) in [6.07, 6.45) is 0. The molecule has 1 N–H and O–H groups in total. The Bertz CT molecular complexity index is 524. The molecule has 0 saturated carbocycles. The fourth-order valence-corrected chi connectivity index (χ4v) is 3.10. The van der Waals surface area contributed by atoms with Crippen molar-refractivity contribution in [2.75, 3.05) is 25.5 Å². The van der Waals surface area contributed by atoms with Gasteiger partial charge in [-0.15, -0.1) is 11.3 Å². The number of thiophene rings is 1. The number of nitrogens with one attached hydrogen (secondary N) is 1. The van der Waals surface area contributed by atoms with E-state index in [1.165, 1.54) is 16.1 Å². The smallest absolute Gasteiger partial charge is 0.0931 e. The van der Waals surface area contributed by atoms with Gasteiger partial charge in [-0.2, -0.15) is 0 Å². The van der Waals surface area contributed by atoms with Crippen LogP contribution in [0.4, 0.5) is 5.69 Å². The van der Waals surface area contributed by atoms with Gasteiger partial charge in [0.2, 0.25) is 0 Å². The van der Waals surface area contributed by atoms with Crippen LogP contribution in [0.5, 0.6) is 0 Å². The molecule has 0 atom stereocenters. The van der Waals surface area contributed by atoms with E-state index in [1.807, 2.05) is 6.07 Å². The van der Waals surface area contributed by atoms with Gasteiger partial charge >= 0.3 is 0 Å². The van der Waals surface area contributed by atoms with Gasteiger partial charge in [0, 0.05) is 30.2 Å². The second-order valence-corrected chi connectivity index (χ2v) is 6.48. The maximum absolute atomic E-state index is 5.93. The third-order valence-corrected chi connectivity index (χ3v) is 4.22. The van der Waals surface area contributed by atoms with Gasteiger partial charge in [-0.3, -0.25) is 4.90 Å². The second-order valence-electron chi connectivity index (χ2n) is 4.69. The lowest BCUT2D eigenvalue weighted by Crippen LogP contribution is -2.24. The monoisotopic (exact) mass is 294 g/mol. The van der Waals surface area contributed by atoms with Crippen molar-refractivity contribution in [2.45, 2.75) is 13.5 Å². The predicted molar refractivity (Wildman–Crippen MR) is 85.3 cm³/mol. The van der Waals surface area contributed by atoms with Crippen molar-refractivity contribution < 1.29 is 0 Å². The van der Waals surface area contributed by atoms with Crippen LogP contribution < -0.4 is 5.32 Å². The minimum Gasteiger partial charge on any atom is -0.384 e. The van der Waals surface area contributed by atoms with Crippen LogP contribution in [0.15, 0.2) is 36.4 Å². The largest absolute Gasteiger partial charge is 0.384 e. The lowest BCUT2D eigenvalue weighted by atomic mass is 10.2. The van der Waals surface area contributed by atoms with Crippen LogP contribution in [0.3, 0.4) is 0 Å². The molecule has 0 fully saturated rings. The highest BCUT2D eigenvalue weighted by molar-refractivity contribution is 7.16. The Morgan fingerprint density at radius 3 is 2.68 bits per heavy atom. The summed E-state index contributed by atoms with van der Waals surface area (Å²) < 4.78 is 0.862. The van der Waals surface area contributed by atoms with E-state index in [0.29, 0.717) is 0 Å². The van der Waals surface area contributed by atoms with E-state index in [0.717, 1.165) is 24.0 Å². The number of aryl methyl sites for hydroxylation is 1. The summed E-state index contributed by atoms with van der Waals surface area (Å²) in [6.45, 7) is 5.02. The van der Waals surface area contributed by atoms with Crippen LogP contribution >= 0.6 is 22.9 Å². The molecule has 1 aromatic carbocycles. The Labute approximate surface area is 124 Å². The highest BCUT2D eigenvalue weighted by atomic mass is 35.5. The fourth-order valence-electron chi connectivity index (χ4n) is 1.93. The highest BCUT2D eigenvalue weighted by Crippen LogP contribution is 2.22. The van der Waals surface area contributed by atoms with Crippen molar-refractivity contribution in [3.63, 3.8) is 0 Å². The van der Waals surface area contributed by atoms with E-state index < -0.39 is 0 Å². The van der Waals surface area contributed by atoms with E-state index >= 15 is 0 Å². The van der Waals surface area contributed by atoms with E-state index in [1.54, 1.807) is 11.3 Å². The summed E-state index contributed by atoms with van der Waals surface area (Å²) >= 11 is 7.59. The predicted octanol–water partition coefficient (Wildman–Crippen LogP) is 4.25. The summed E-state index contributed by atoms with van der Waals surface area (Å²) in [4.78, 5) is 3.61. The summed E-state index contributed by atoms with van der Waals surface area (Å²) in [7, 11) is 2.13. The van der Waals surface area contributed by atoms with Gasteiger partial charge in [0.15, 0.2) is 0 Å². The number of likely N-dealkylation sites (N-methyl/N-ethyl adjacent to an activating group) is 1. The number of anilines is 1. The molecular weight excluding hydrogens is 276 g/mol. The third kappa shape index (κ3) is 4.53. The Kier molecular flexibility index (Phi) is 5.25. The molecule has 19 heavy (non-hydrogen) atoms. The van der Waals surface area contributed by atoms with Gasteiger partial charge in [0.1, 0.15) is 0 Å². The Balaban J connectivity index is 1.75. The maximum atomic E-state index is 5.93. The zero-order valence-corrected chi connectivity index (χ0v) is 12.9. The second kappa shape index (κ2) is 6.94. The van der Waals surface area contributed by atoms with Crippen LogP contribution in [0.2, 0.25) is 4.34 Å². The van der Waals surface area contributed by atoms with Gasteiger partial charge in [0.25, 0.3) is 0 Å². The first-order valence-corrected chi connectivity index (χ1v) is 7.57. The van der Waals surface area contributed by atoms with Gasteiger partial charge in [-0.1, -0.05) is 29.8 Å². The average molecular weight is 295 g/mol. The van der Waals surface area contributed by atoms with Gasteiger partial charge < -0.3 is 5.32 Å². The molecular formula is C15H19ClN2S. The number of benzene rings is 1. The lowest BCUT2D eigenvalue weighted by Gasteiger charge is -2.17. The minimum absolute atomic E-state index is 0.862. The van der Waals surface area contributed by atoms with Crippen LogP contribution in [0.1, 0.15) is 10.4 Å². The number of nitrogens with zero attached hydrogens (tertiary/aromatic N) is 1. The molecule has 0 unspecified atom stereocenters. The number of para-hydroxylation sites is 1. The zero-order chi connectivity index (χ0) is 13.7. The normalized spacial score (nSPS) is 10.9. The molecule has 4 heteroatoms. The van der Waals surface area contributed by atoms with Crippen molar-refractivity contribution in [1.82, 2.24) is 4.90 Å². The maximum Gasteiger partial charge on any atom is 0.0931 e. The molecule has 0 aliphatic rings. The zero-order valence-electron chi connectivity index (χ0n) is 11.3. The van der Waals surface area contributed by atoms with Gasteiger partial charge in [-0.05, 0) is 37.7 Å². The van der Waals surface area contributed by atoms with E-state index in [9.17, 15) is 0 Å². The summed E-state index contributed by atoms with van der Waals surface area (Å²) in [5.74, 6) is 0. The van der Waals surface area contributed by atoms with E-state index in [-0.39, 0.29) is 0 Å². The van der Waals surface area contributed by atoms with Crippen molar-refractivity contribution in [1.29, 1.82) is 0 Å². The first-order valence-electron chi connectivity index (χ1n) is 6.37. The summed E-state index contributed by atoms with van der Waals surface area (Å²) in [6, 6.07) is 12.4. The van der Waals surface area contributed by atoms with Crippen molar-refractivity contribution >= 4 is 28.6 Å². The highest BCUT2D eigenvalue weighted by Gasteiger charge is 2.03. The molecule has 1 aromatic heterocycles. The topological polar surface area (TPSA) is 15.3 Å². The standard InChI is InChI=1S/C15H19ClN2S/c1-12-5-3-4-6-14(12)17-9-10-18(2)11-13-7-8-15(16)19-13/h3-8,17H,9-11H2,1-2H3. The summed E-state index contributed by atoms with van der Waals surface area (Å²) in [5.41, 5.74) is 2.50. The first-order chi connectivity index (χ1) is 9.15. The van der Waals surface area contributed by atoms with E-state index in [4.69, 9.17) is 11.6 Å². The number of halogens is 1. The average Bonchev–Trinajstić information content (AvgIpc) is 2.77. The third-order valence-electron chi connectivity index (χ3n) is 3.01. The van der Waals surface area contributed by atoms with Gasteiger partial charge in [-0.25, -0.2) is 0 Å². The molecule has 102 valence electrons. The molecule has 1 heterocycles. The van der Waals surface area contributed by atoms with Crippen LogP contribution in [-0.2, 0) is 6.54 Å². The Hall–Kier alpha value is -1.03. The Morgan fingerprint density at radius 2 is 2.00 bits per heavy atom. The molecule has 0 spiro atoms. The van der Waals surface area contributed by atoms with Crippen LogP contribution in [-0.4, -0.2) is 25.0 Å². The molecule has 0 aliphatic carbocycles. The first kappa shape index (κ1) is 14.4. The molecule has 2 aromatic rings. The molecule has 0 aliphatic heterocycles. The quantitative estimate of drug-likeness (QED) is 0.856.